The van der Waals surface area contributed by atoms with Crippen LogP contribution in [0.4, 0.5) is 0 Å². The van der Waals surface area contributed by atoms with Crippen LogP contribution in [0.5, 0.6) is 0 Å². The van der Waals surface area contributed by atoms with Gasteiger partial charge < -0.3 is 13.6 Å². The molecule has 5 heteroatoms. The van der Waals surface area contributed by atoms with E-state index in [9.17, 15) is 4.79 Å². The topological polar surface area (TPSA) is 48.7 Å². The third-order valence-electron chi connectivity index (χ3n) is 3.67. The summed E-state index contributed by atoms with van der Waals surface area (Å²) in [5.41, 5.74) is 0. The molecule has 19 heavy (non-hydrogen) atoms. The van der Waals surface area contributed by atoms with Gasteiger partial charge in [-0.2, -0.15) is 0 Å². The third kappa shape index (κ3) is 4.21. The molecule has 108 valence electrons. The predicted octanol–water partition coefficient (Wildman–Crippen LogP) is 3.63. The van der Waals surface area contributed by atoms with E-state index in [4.69, 9.17) is 8.84 Å². The second-order valence-electron chi connectivity index (χ2n) is 6.12. The number of methoxy groups -OCH3 is 1. The summed E-state index contributed by atoms with van der Waals surface area (Å²) >= 11 is 0. The van der Waals surface area contributed by atoms with E-state index in [0.717, 1.165) is 5.76 Å². The van der Waals surface area contributed by atoms with E-state index >= 15 is 0 Å². The number of hydrogen-bond acceptors (Lipinski definition) is 4. The number of hydrogen-bond donors (Lipinski definition) is 0. The van der Waals surface area contributed by atoms with Crippen molar-refractivity contribution in [3.05, 3.63) is 23.7 Å². The molecule has 1 aromatic rings. The first-order valence-electron chi connectivity index (χ1n) is 6.48. The van der Waals surface area contributed by atoms with E-state index in [1.54, 1.807) is 12.1 Å². The minimum Gasteiger partial charge on any atom is -0.463 e. The minimum absolute atomic E-state index is 0.202. The Bertz CT molecular complexity index is 429. The first kappa shape index (κ1) is 16.0. The van der Waals surface area contributed by atoms with Crippen LogP contribution in [-0.4, -0.2) is 28.0 Å². The molecule has 0 atom stereocenters. The highest BCUT2D eigenvalue weighted by molar-refractivity contribution is 6.74. The van der Waals surface area contributed by atoms with E-state index in [1.807, 2.05) is 0 Å². The summed E-state index contributed by atoms with van der Waals surface area (Å²) in [6, 6.07) is 3.43. The van der Waals surface area contributed by atoms with Gasteiger partial charge in [0.25, 0.3) is 0 Å². The molecule has 0 amide bonds. The Morgan fingerprint density at radius 2 is 1.95 bits per heavy atom. The molecule has 0 aliphatic rings. The summed E-state index contributed by atoms with van der Waals surface area (Å²) in [4.78, 5) is 11.3. The van der Waals surface area contributed by atoms with Crippen molar-refractivity contribution >= 4 is 14.3 Å². The number of carbonyl (C=O) groups excluding carboxylic acids is 1. The average Bonchev–Trinajstić information content (AvgIpc) is 2.75. The van der Waals surface area contributed by atoms with Gasteiger partial charge in [-0.15, -0.1) is 0 Å². The van der Waals surface area contributed by atoms with Crippen molar-refractivity contribution < 1.29 is 18.4 Å². The molecule has 0 N–H and O–H groups in total. The van der Waals surface area contributed by atoms with E-state index in [-0.39, 0.29) is 10.8 Å². The zero-order chi connectivity index (χ0) is 14.7. The quantitative estimate of drug-likeness (QED) is 0.612. The molecule has 0 aliphatic carbocycles. The molecule has 0 fully saturated rings. The van der Waals surface area contributed by atoms with Gasteiger partial charge in [0.1, 0.15) is 5.76 Å². The number of furan rings is 1. The molecule has 1 heterocycles. The maximum absolute atomic E-state index is 11.3. The van der Waals surface area contributed by atoms with Gasteiger partial charge in [0.05, 0.1) is 7.11 Å². The fourth-order valence-corrected chi connectivity index (χ4v) is 2.39. The Morgan fingerprint density at radius 1 is 1.32 bits per heavy atom. The smallest absolute Gasteiger partial charge is 0.373 e. The Kier molecular flexibility index (Phi) is 4.98. The lowest BCUT2D eigenvalue weighted by atomic mass is 10.2. The largest absolute Gasteiger partial charge is 0.463 e. The lowest BCUT2D eigenvalue weighted by Gasteiger charge is -2.36. The summed E-state index contributed by atoms with van der Waals surface area (Å²) in [6.07, 6.45) is 0.670. The summed E-state index contributed by atoms with van der Waals surface area (Å²) < 4.78 is 16.1. The molecular formula is C14H24O4Si. The van der Waals surface area contributed by atoms with Gasteiger partial charge in [0.2, 0.25) is 5.76 Å². The van der Waals surface area contributed by atoms with Gasteiger partial charge in [-0.3, -0.25) is 0 Å². The third-order valence-corrected chi connectivity index (χ3v) is 8.20. The second-order valence-corrected chi connectivity index (χ2v) is 10.9. The monoisotopic (exact) mass is 284 g/mol. The molecule has 4 nitrogen and oxygen atoms in total. The molecule has 0 aliphatic heterocycles. The number of esters is 1. The van der Waals surface area contributed by atoms with Gasteiger partial charge in [-0.05, 0) is 30.3 Å². The predicted molar refractivity (Wildman–Crippen MR) is 76.9 cm³/mol. The zero-order valence-electron chi connectivity index (χ0n) is 12.7. The van der Waals surface area contributed by atoms with Gasteiger partial charge in [-0.25, -0.2) is 4.79 Å². The van der Waals surface area contributed by atoms with Crippen molar-refractivity contribution in [2.24, 2.45) is 0 Å². The van der Waals surface area contributed by atoms with Gasteiger partial charge in [0, 0.05) is 13.0 Å². The highest BCUT2D eigenvalue weighted by Crippen LogP contribution is 2.36. The van der Waals surface area contributed by atoms with Gasteiger partial charge in [0.15, 0.2) is 8.32 Å². The van der Waals surface area contributed by atoms with Crippen molar-refractivity contribution in [2.45, 2.75) is 45.3 Å². The van der Waals surface area contributed by atoms with Crippen LogP contribution in [0.15, 0.2) is 16.5 Å². The maximum Gasteiger partial charge on any atom is 0.373 e. The number of carbonyl (C=O) groups is 1. The molecule has 0 aromatic carbocycles. The van der Waals surface area contributed by atoms with Crippen LogP contribution >= 0.6 is 0 Å². The Balaban J connectivity index is 2.50. The summed E-state index contributed by atoms with van der Waals surface area (Å²) in [7, 11) is -0.376. The highest BCUT2D eigenvalue weighted by atomic mass is 28.4. The standard InChI is InChI=1S/C14H24O4Si/c1-14(2,3)19(5,6)17-10-9-11-7-8-12(18-11)13(15)16-4/h7-8H,9-10H2,1-6H3. The SMILES string of the molecule is COC(=O)c1ccc(CCO[Si](C)(C)C(C)(C)C)o1. The second kappa shape index (κ2) is 5.92. The van der Waals surface area contributed by atoms with Crippen LogP contribution < -0.4 is 0 Å². The van der Waals surface area contributed by atoms with E-state index in [0.29, 0.717) is 13.0 Å². The molecule has 1 rings (SSSR count). The van der Waals surface area contributed by atoms with Crippen LogP contribution in [0.3, 0.4) is 0 Å². The lowest BCUT2D eigenvalue weighted by molar-refractivity contribution is 0.0562. The van der Waals surface area contributed by atoms with Crippen LogP contribution in [-0.2, 0) is 15.6 Å². The Morgan fingerprint density at radius 3 is 2.47 bits per heavy atom. The van der Waals surface area contributed by atoms with Crippen LogP contribution in [0.2, 0.25) is 18.1 Å². The van der Waals surface area contributed by atoms with Crippen molar-refractivity contribution in [3.8, 4) is 0 Å². The fraction of sp³-hybridized carbons (Fsp3) is 0.643. The molecular weight excluding hydrogens is 260 g/mol. The first-order chi connectivity index (χ1) is 8.67. The van der Waals surface area contributed by atoms with Gasteiger partial charge in [-0.1, -0.05) is 20.8 Å². The molecule has 0 bridgehead atoms. The van der Waals surface area contributed by atoms with E-state index < -0.39 is 14.3 Å². The normalized spacial score (nSPS) is 12.5. The van der Waals surface area contributed by atoms with Crippen LogP contribution in [0.25, 0.3) is 0 Å². The van der Waals surface area contributed by atoms with Crippen molar-refractivity contribution in [1.82, 2.24) is 0 Å². The van der Waals surface area contributed by atoms with Crippen molar-refractivity contribution in [3.63, 3.8) is 0 Å². The fourth-order valence-electron chi connectivity index (χ4n) is 1.35. The molecule has 0 saturated carbocycles. The van der Waals surface area contributed by atoms with E-state index in [1.165, 1.54) is 7.11 Å². The van der Waals surface area contributed by atoms with Crippen LogP contribution in [0, 0.1) is 0 Å². The molecule has 0 radical (unpaired) electrons. The highest BCUT2D eigenvalue weighted by Gasteiger charge is 2.36. The number of ether oxygens (including phenoxy) is 1. The molecule has 1 aromatic heterocycles. The average molecular weight is 284 g/mol. The first-order valence-corrected chi connectivity index (χ1v) is 9.39. The van der Waals surface area contributed by atoms with Crippen molar-refractivity contribution in [2.75, 3.05) is 13.7 Å². The molecule has 0 unspecified atom stereocenters. The maximum atomic E-state index is 11.3. The van der Waals surface area contributed by atoms with Crippen molar-refractivity contribution in [1.29, 1.82) is 0 Å². The molecule has 0 spiro atoms. The number of rotatable bonds is 5. The summed E-state index contributed by atoms with van der Waals surface area (Å²) in [6.45, 7) is 11.7. The zero-order valence-corrected chi connectivity index (χ0v) is 13.7. The Labute approximate surface area is 116 Å². The van der Waals surface area contributed by atoms with E-state index in [2.05, 4.69) is 38.6 Å². The van der Waals surface area contributed by atoms with Gasteiger partial charge >= 0.3 is 5.97 Å². The minimum atomic E-state index is -1.71. The van der Waals surface area contributed by atoms with Crippen LogP contribution in [0.1, 0.15) is 37.1 Å². The Hall–Kier alpha value is -1.07. The summed E-state index contributed by atoms with van der Waals surface area (Å²) in [5.74, 6) is 0.542. The molecule has 0 saturated heterocycles. The summed E-state index contributed by atoms with van der Waals surface area (Å²) in [5, 5.41) is 0.202. The lowest BCUT2D eigenvalue weighted by Crippen LogP contribution is -2.41.